The Kier molecular flexibility index (Phi) is 15.0. The molecule has 0 saturated heterocycles. The molecule has 0 bridgehead atoms. The van der Waals surface area contributed by atoms with E-state index >= 15 is 0 Å². The lowest BCUT2D eigenvalue weighted by Gasteiger charge is -2.06. The third kappa shape index (κ3) is 15.8. The van der Waals surface area contributed by atoms with E-state index in [1.54, 1.807) is 0 Å². The van der Waals surface area contributed by atoms with Gasteiger partial charge in [-0.2, -0.15) is 11.8 Å². The molecule has 0 rings (SSSR count). The predicted octanol–water partition coefficient (Wildman–Crippen LogP) is 5.45. The Hall–Kier alpha value is -0.250. The Bertz CT molecular complexity index is 225. The minimum atomic E-state index is -0.690. The highest BCUT2D eigenvalue weighted by Crippen LogP contribution is 2.14. The lowest BCUT2D eigenvalue weighted by Crippen LogP contribution is -1.98. The van der Waals surface area contributed by atoms with Gasteiger partial charge in [0, 0.05) is 6.42 Å². The molecule has 0 saturated carbocycles. The van der Waals surface area contributed by atoms with E-state index < -0.39 is 12.1 Å². The minimum Gasteiger partial charge on any atom is -0.481 e. The zero-order valence-electron chi connectivity index (χ0n) is 12.9. The Labute approximate surface area is 127 Å². The van der Waals surface area contributed by atoms with Crippen LogP contribution in [0.2, 0.25) is 0 Å². The average Bonchev–Trinajstić information content (AvgIpc) is 2.40. The van der Waals surface area contributed by atoms with Crippen molar-refractivity contribution in [2.45, 2.75) is 83.7 Å². The van der Waals surface area contributed by atoms with Gasteiger partial charge in [0.15, 0.2) is 0 Å². The highest BCUT2D eigenvalue weighted by atomic mass is 32.2. The molecule has 1 atom stereocenters. The van der Waals surface area contributed by atoms with E-state index in [0.717, 1.165) is 50.7 Å². The first kappa shape index (κ1) is 19.8. The van der Waals surface area contributed by atoms with Gasteiger partial charge in [0.1, 0.15) is 6.17 Å². The van der Waals surface area contributed by atoms with Crippen molar-refractivity contribution in [2.75, 3.05) is 11.5 Å². The molecule has 0 aromatic heterocycles. The summed E-state index contributed by atoms with van der Waals surface area (Å²) in [5.74, 6) is 1.56. The van der Waals surface area contributed by atoms with Crippen LogP contribution in [0.4, 0.5) is 4.39 Å². The fraction of sp³-hybridized carbons (Fsp3) is 0.938. The summed E-state index contributed by atoms with van der Waals surface area (Å²) in [5, 5.41) is 8.49. The molecule has 0 heterocycles. The van der Waals surface area contributed by atoms with E-state index in [2.05, 4.69) is 0 Å². The van der Waals surface area contributed by atoms with Crippen LogP contribution < -0.4 is 0 Å². The van der Waals surface area contributed by atoms with Crippen molar-refractivity contribution in [3.05, 3.63) is 0 Å². The summed E-state index contributed by atoms with van der Waals surface area (Å²) in [6.45, 7) is 2.03. The highest BCUT2D eigenvalue weighted by molar-refractivity contribution is 7.99. The van der Waals surface area contributed by atoms with Gasteiger partial charge in [0.2, 0.25) is 0 Å². The summed E-state index contributed by atoms with van der Waals surface area (Å²) in [7, 11) is 0. The maximum Gasteiger partial charge on any atom is 0.303 e. The van der Waals surface area contributed by atoms with E-state index in [1.807, 2.05) is 18.7 Å². The van der Waals surface area contributed by atoms with Gasteiger partial charge < -0.3 is 5.11 Å². The molecule has 2 nitrogen and oxygen atoms in total. The van der Waals surface area contributed by atoms with E-state index in [1.165, 1.54) is 25.0 Å². The number of thioether (sulfide) groups is 1. The summed E-state index contributed by atoms with van der Waals surface area (Å²) < 4.78 is 13.2. The van der Waals surface area contributed by atoms with Gasteiger partial charge in [0.25, 0.3) is 0 Å². The van der Waals surface area contributed by atoms with Gasteiger partial charge in [-0.3, -0.25) is 4.79 Å². The fourth-order valence-electron chi connectivity index (χ4n) is 2.14. The standard InChI is InChI=1S/C16H31FO2S/c1-2-10-15(17)11-6-4-3-5-8-13-20-14-9-7-12-16(18)19/h15H,2-14H2,1H3,(H,18,19). The average molecular weight is 306 g/mol. The van der Waals surface area contributed by atoms with Gasteiger partial charge in [-0.05, 0) is 43.6 Å². The van der Waals surface area contributed by atoms with Gasteiger partial charge in [-0.25, -0.2) is 4.39 Å². The summed E-state index contributed by atoms with van der Waals surface area (Å²) in [5.41, 5.74) is 0. The first-order chi connectivity index (χ1) is 9.66. The molecule has 0 aromatic carbocycles. The van der Waals surface area contributed by atoms with Crippen LogP contribution in [-0.4, -0.2) is 28.8 Å². The van der Waals surface area contributed by atoms with Crippen LogP contribution in [0.15, 0.2) is 0 Å². The topological polar surface area (TPSA) is 37.3 Å². The Morgan fingerprint density at radius 1 is 1.00 bits per heavy atom. The normalized spacial score (nSPS) is 12.5. The summed E-state index contributed by atoms with van der Waals surface area (Å²) in [6.07, 6.45) is 9.82. The number of carboxylic acid groups (broad SMARTS) is 1. The minimum absolute atomic E-state index is 0.300. The molecule has 0 aliphatic rings. The molecule has 20 heavy (non-hydrogen) atoms. The lowest BCUT2D eigenvalue weighted by atomic mass is 10.1. The molecule has 120 valence electrons. The van der Waals surface area contributed by atoms with E-state index in [0.29, 0.717) is 6.42 Å². The number of carboxylic acids is 1. The number of hydrogen-bond donors (Lipinski definition) is 1. The maximum absolute atomic E-state index is 13.2. The number of unbranched alkanes of at least 4 members (excludes halogenated alkanes) is 5. The van der Waals surface area contributed by atoms with Gasteiger partial charge in [-0.15, -0.1) is 0 Å². The Balaban J connectivity index is 3.04. The first-order valence-corrected chi connectivity index (χ1v) is 9.26. The molecule has 0 amide bonds. The zero-order chi connectivity index (χ0) is 15.1. The summed E-state index contributed by atoms with van der Waals surface area (Å²) in [6, 6.07) is 0. The number of rotatable bonds is 15. The van der Waals surface area contributed by atoms with E-state index in [-0.39, 0.29) is 0 Å². The summed E-state index contributed by atoms with van der Waals surface area (Å²) in [4.78, 5) is 10.3. The number of alkyl halides is 1. The molecule has 0 aromatic rings. The molecule has 0 aliphatic carbocycles. The highest BCUT2D eigenvalue weighted by Gasteiger charge is 2.03. The molecule has 0 spiro atoms. The third-order valence-electron chi connectivity index (χ3n) is 3.34. The second-order valence-corrected chi connectivity index (χ2v) is 6.63. The van der Waals surface area contributed by atoms with Crippen LogP contribution in [0.25, 0.3) is 0 Å². The van der Waals surface area contributed by atoms with Crippen LogP contribution in [0.5, 0.6) is 0 Å². The number of aliphatic carboxylic acids is 1. The number of hydrogen-bond acceptors (Lipinski definition) is 2. The Morgan fingerprint density at radius 2 is 1.60 bits per heavy atom. The van der Waals surface area contributed by atoms with Crippen LogP contribution >= 0.6 is 11.8 Å². The van der Waals surface area contributed by atoms with Crippen LogP contribution in [0.1, 0.15) is 77.6 Å². The molecule has 1 unspecified atom stereocenters. The van der Waals surface area contributed by atoms with Crippen molar-refractivity contribution in [3.8, 4) is 0 Å². The van der Waals surface area contributed by atoms with Gasteiger partial charge >= 0.3 is 5.97 Å². The van der Waals surface area contributed by atoms with Crippen molar-refractivity contribution < 1.29 is 14.3 Å². The SMILES string of the molecule is CCCC(F)CCCCCCCSCCCCC(=O)O. The van der Waals surface area contributed by atoms with Crippen molar-refractivity contribution >= 4 is 17.7 Å². The third-order valence-corrected chi connectivity index (χ3v) is 4.49. The molecule has 0 radical (unpaired) electrons. The zero-order valence-corrected chi connectivity index (χ0v) is 13.7. The molecule has 4 heteroatoms. The Morgan fingerprint density at radius 3 is 2.25 bits per heavy atom. The van der Waals surface area contributed by atoms with Gasteiger partial charge in [-0.1, -0.05) is 39.0 Å². The summed E-state index contributed by atoms with van der Waals surface area (Å²) >= 11 is 1.93. The van der Waals surface area contributed by atoms with E-state index in [4.69, 9.17) is 5.11 Å². The van der Waals surface area contributed by atoms with Crippen LogP contribution in [0, 0.1) is 0 Å². The largest absolute Gasteiger partial charge is 0.481 e. The molecular formula is C16H31FO2S. The monoisotopic (exact) mass is 306 g/mol. The molecule has 1 N–H and O–H groups in total. The molecule has 0 aliphatic heterocycles. The quantitative estimate of drug-likeness (QED) is 0.409. The number of carbonyl (C=O) groups is 1. The second-order valence-electron chi connectivity index (χ2n) is 5.41. The first-order valence-electron chi connectivity index (χ1n) is 8.10. The predicted molar refractivity (Wildman–Crippen MR) is 86.3 cm³/mol. The lowest BCUT2D eigenvalue weighted by molar-refractivity contribution is -0.137. The maximum atomic E-state index is 13.2. The molecular weight excluding hydrogens is 275 g/mol. The van der Waals surface area contributed by atoms with Crippen molar-refractivity contribution in [2.24, 2.45) is 0 Å². The smallest absolute Gasteiger partial charge is 0.303 e. The van der Waals surface area contributed by atoms with Crippen molar-refractivity contribution in [1.29, 1.82) is 0 Å². The van der Waals surface area contributed by atoms with Crippen molar-refractivity contribution in [1.82, 2.24) is 0 Å². The molecule has 0 fully saturated rings. The van der Waals surface area contributed by atoms with Gasteiger partial charge in [0.05, 0.1) is 0 Å². The second kappa shape index (κ2) is 15.1. The van der Waals surface area contributed by atoms with E-state index in [9.17, 15) is 9.18 Å². The van der Waals surface area contributed by atoms with Crippen LogP contribution in [-0.2, 0) is 4.79 Å². The van der Waals surface area contributed by atoms with Crippen LogP contribution in [0.3, 0.4) is 0 Å². The number of halogens is 1. The van der Waals surface area contributed by atoms with Crippen molar-refractivity contribution in [3.63, 3.8) is 0 Å². The fourth-order valence-corrected chi connectivity index (χ4v) is 3.16.